The van der Waals surface area contributed by atoms with Crippen LogP contribution in [0.1, 0.15) is 30.9 Å². The second kappa shape index (κ2) is 6.18. The Kier molecular flexibility index (Phi) is 4.57. The number of nitrogens with one attached hydrogen (secondary N) is 1. The van der Waals surface area contributed by atoms with Crippen LogP contribution in [0, 0.1) is 5.92 Å². The molecule has 1 saturated heterocycles. The first-order valence-corrected chi connectivity index (χ1v) is 6.70. The third kappa shape index (κ3) is 4.14. The Balaban J connectivity index is 1.95. The van der Waals surface area contributed by atoms with Crippen molar-refractivity contribution in [3.63, 3.8) is 0 Å². The van der Waals surface area contributed by atoms with Gasteiger partial charge in [-0.25, -0.2) is 0 Å². The van der Waals surface area contributed by atoms with Crippen molar-refractivity contribution in [2.45, 2.75) is 38.7 Å². The first-order valence-electron chi connectivity index (χ1n) is 6.70. The van der Waals surface area contributed by atoms with Crippen LogP contribution in [-0.4, -0.2) is 24.3 Å². The zero-order valence-corrected chi connectivity index (χ0v) is 10.7. The minimum atomic E-state index is -0.249. The molecule has 2 nitrogen and oxygen atoms in total. The predicted octanol–water partition coefficient (Wildman–Crippen LogP) is 2.15. The van der Waals surface area contributed by atoms with Crippen LogP contribution in [0.3, 0.4) is 0 Å². The van der Waals surface area contributed by atoms with Crippen molar-refractivity contribution in [3.05, 3.63) is 35.4 Å². The van der Waals surface area contributed by atoms with Gasteiger partial charge < -0.3 is 10.4 Å². The molecule has 0 saturated carbocycles. The van der Waals surface area contributed by atoms with Crippen LogP contribution in [0.25, 0.3) is 0 Å². The normalized spacial score (nSPS) is 22.4. The Morgan fingerprint density at radius 3 is 2.94 bits per heavy atom. The molecule has 0 radical (unpaired) electrons. The largest absolute Gasteiger partial charge is 0.393 e. The van der Waals surface area contributed by atoms with Gasteiger partial charge in [0.15, 0.2) is 0 Å². The summed E-state index contributed by atoms with van der Waals surface area (Å²) < 4.78 is 0. The van der Waals surface area contributed by atoms with E-state index in [9.17, 15) is 5.11 Å². The Labute approximate surface area is 104 Å². The van der Waals surface area contributed by atoms with Crippen molar-refractivity contribution in [1.82, 2.24) is 5.32 Å². The van der Waals surface area contributed by atoms with Crippen molar-refractivity contribution in [2.24, 2.45) is 5.92 Å². The SMILES string of the molecule is CC(O)Cc1cccc(CC2CCCNC2)c1. The summed E-state index contributed by atoms with van der Waals surface area (Å²) in [6.45, 7) is 4.18. The minimum Gasteiger partial charge on any atom is -0.393 e. The van der Waals surface area contributed by atoms with Crippen LogP contribution in [-0.2, 0) is 12.8 Å². The maximum Gasteiger partial charge on any atom is 0.0552 e. The van der Waals surface area contributed by atoms with E-state index in [1.54, 1.807) is 0 Å². The van der Waals surface area contributed by atoms with Gasteiger partial charge in [0.1, 0.15) is 0 Å². The van der Waals surface area contributed by atoms with E-state index in [0.717, 1.165) is 18.9 Å². The van der Waals surface area contributed by atoms with Gasteiger partial charge in [0, 0.05) is 0 Å². The predicted molar refractivity (Wildman–Crippen MR) is 71.1 cm³/mol. The standard InChI is InChI=1S/C15H23NO/c1-12(17)8-13-4-2-5-14(9-13)10-15-6-3-7-16-11-15/h2,4-5,9,12,15-17H,3,6-8,10-11H2,1H3. The second-order valence-corrected chi connectivity index (χ2v) is 5.29. The molecule has 17 heavy (non-hydrogen) atoms. The topological polar surface area (TPSA) is 32.3 Å². The second-order valence-electron chi connectivity index (χ2n) is 5.29. The van der Waals surface area contributed by atoms with Crippen molar-refractivity contribution >= 4 is 0 Å². The molecule has 2 atom stereocenters. The molecule has 2 heteroatoms. The Morgan fingerprint density at radius 2 is 2.24 bits per heavy atom. The van der Waals surface area contributed by atoms with Crippen LogP contribution < -0.4 is 5.32 Å². The van der Waals surface area contributed by atoms with Gasteiger partial charge in [-0.2, -0.15) is 0 Å². The molecule has 1 aliphatic rings. The summed E-state index contributed by atoms with van der Waals surface area (Å²) in [7, 11) is 0. The summed E-state index contributed by atoms with van der Waals surface area (Å²) in [5.41, 5.74) is 2.66. The Bertz CT molecular complexity index is 343. The summed E-state index contributed by atoms with van der Waals surface area (Å²) in [5.74, 6) is 0.783. The smallest absolute Gasteiger partial charge is 0.0552 e. The zero-order valence-electron chi connectivity index (χ0n) is 10.7. The lowest BCUT2D eigenvalue weighted by atomic mass is 9.91. The van der Waals surface area contributed by atoms with Crippen molar-refractivity contribution in [1.29, 1.82) is 0 Å². The molecule has 0 aliphatic carbocycles. The lowest BCUT2D eigenvalue weighted by Crippen LogP contribution is -2.30. The number of hydrogen-bond donors (Lipinski definition) is 2. The molecule has 2 N–H and O–H groups in total. The molecule has 2 rings (SSSR count). The highest BCUT2D eigenvalue weighted by molar-refractivity contribution is 5.24. The molecule has 1 aliphatic heterocycles. The molecular formula is C15H23NO. The van der Waals surface area contributed by atoms with Crippen LogP contribution >= 0.6 is 0 Å². The van der Waals surface area contributed by atoms with E-state index in [4.69, 9.17) is 0 Å². The number of piperidine rings is 1. The molecule has 94 valence electrons. The zero-order chi connectivity index (χ0) is 12.1. The lowest BCUT2D eigenvalue weighted by molar-refractivity contribution is 0.195. The van der Waals surface area contributed by atoms with E-state index < -0.39 is 0 Å². The first kappa shape index (κ1) is 12.6. The summed E-state index contributed by atoms with van der Waals surface area (Å²) in [6, 6.07) is 8.68. The first-order chi connectivity index (χ1) is 8.24. The molecular weight excluding hydrogens is 210 g/mol. The fraction of sp³-hybridized carbons (Fsp3) is 0.600. The molecule has 0 amide bonds. The van der Waals surface area contributed by atoms with Gasteiger partial charge in [0.05, 0.1) is 6.10 Å². The van der Waals surface area contributed by atoms with Gasteiger partial charge in [-0.05, 0) is 62.7 Å². The summed E-state index contributed by atoms with van der Waals surface area (Å²) in [6.07, 6.45) is 4.32. The number of rotatable bonds is 4. The van der Waals surface area contributed by atoms with Crippen LogP contribution in [0.2, 0.25) is 0 Å². The van der Waals surface area contributed by atoms with E-state index in [1.165, 1.54) is 36.9 Å². The molecule has 1 heterocycles. The molecule has 1 fully saturated rings. The van der Waals surface area contributed by atoms with Crippen molar-refractivity contribution < 1.29 is 5.11 Å². The number of benzene rings is 1. The van der Waals surface area contributed by atoms with E-state index in [-0.39, 0.29) is 6.10 Å². The van der Waals surface area contributed by atoms with Gasteiger partial charge in [0.25, 0.3) is 0 Å². The van der Waals surface area contributed by atoms with E-state index >= 15 is 0 Å². The monoisotopic (exact) mass is 233 g/mol. The van der Waals surface area contributed by atoms with E-state index in [0.29, 0.717) is 0 Å². The van der Waals surface area contributed by atoms with Crippen LogP contribution in [0.4, 0.5) is 0 Å². The highest BCUT2D eigenvalue weighted by Gasteiger charge is 2.13. The molecule has 0 aromatic heterocycles. The van der Waals surface area contributed by atoms with E-state index in [2.05, 4.69) is 29.6 Å². The average molecular weight is 233 g/mol. The Hall–Kier alpha value is -0.860. The summed E-state index contributed by atoms with van der Waals surface area (Å²) >= 11 is 0. The maximum atomic E-state index is 9.41. The van der Waals surface area contributed by atoms with Gasteiger partial charge in [0.2, 0.25) is 0 Å². The fourth-order valence-corrected chi connectivity index (χ4v) is 2.66. The molecule has 1 aromatic rings. The summed E-state index contributed by atoms with van der Waals surface area (Å²) in [4.78, 5) is 0. The molecule has 0 bridgehead atoms. The number of aliphatic hydroxyl groups is 1. The lowest BCUT2D eigenvalue weighted by Gasteiger charge is -2.22. The van der Waals surface area contributed by atoms with Gasteiger partial charge in [-0.1, -0.05) is 24.3 Å². The third-order valence-corrected chi connectivity index (χ3v) is 3.45. The summed E-state index contributed by atoms with van der Waals surface area (Å²) in [5, 5.41) is 12.9. The quantitative estimate of drug-likeness (QED) is 0.835. The Morgan fingerprint density at radius 1 is 1.41 bits per heavy atom. The highest BCUT2D eigenvalue weighted by Crippen LogP contribution is 2.17. The minimum absolute atomic E-state index is 0.249. The van der Waals surface area contributed by atoms with Crippen LogP contribution in [0.5, 0.6) is 0 Å². The maximum absolute atomic E-state index is 9.41. The van der Waals surface area contributed by atoms with Crippen molar-refractivity contribution in [2.75, 3.05) is 13.1 Å². The van der Waals surface area contributed by atoms with Gasteiger partial charge >= 0.3 is 0 Å². The molecule has 2 unspecified atom stereocenters. The highest BCUT2D eigenvalue weighted by atomic mass is 16.3. The average Bonchev–Trinajstić information content (AvgIpc) is 2.30. The van der Waals surface area contributed by atoms with Gasteiger partial charge in [-0.15, -0.1) is 0 Å². The molecule has 1 aromatic carbocycles. The van der Waals surface area contributed by atoms with Gasteiger partial charge in [-0.3, -0.25) is 0 Å². The van der Waals surface area contributed by atoms with E-state index in [1.807, 2.05) is 6.92 Å². The third-order valence-electron chi connectivity index (χ3n) is 3.45. The molecule has 0 spiro atoms. The number of aliphatic hydroxyl groups excluding tert-OH is 1. The number of hydrogen-bond acceptors (Lipinski definition) is 2. The van der Waals surface area contributed by atoms with Crippen LogP contribution in [0.15, 0.2) is 24.3 Å². The van der Waals surface area contributed by atoms with Crippen molar-refractivity contribution in [3.8, 4) is 0 Å². The fourth-order valence-electron chi connectivity index (χ4n) is 2.66.